The minimum atomic E-state index is -0.199. The van der Waals surface area contributed by atoms with Crippen LogP contribution in [0.4, 0.5) is 0 Å². The van der Waals surface area contributed by atoms with Crippen molar-refractivity contribution >= 4 is 57.3 Å². The summed E-state index contributed by atoms with van der Waals surface area (Å²) in [5.41, 5.74) is 5.17. The molecule has 7 heteroatoms. The number of hydrazone groups is 1. The Morgan fingerprint density at radius 1 is 1.19 bits per heavy atom. The first kappa shape index (κ1) is 17.6. The second-order valence-electron chi connectivity index (χ2n) is 5.85. The second kappa shape index (κ2) is 7.82. The molecule has 0 saturated carbocycles. The average molecular weight is 395 g/mol. The number of fused-ring (bicyclic) bond motifs is 2. The molecule has 0 saturated heterocycles. The number of halogens is 1. The monoisotopic (exact) mass is 394 g/mol. The lowest BCUT2D eigenvalue weighted by atomic mass is 10.1. The van der Waals surface area contributed by atoms with Gasteiger partial charge in [-0.25, -0.2) is 10.4 Å². The van der Waals surface area contributed by atoms with Crippen molar-refractivity contribution in [2.75, 3.05) is 5.75 Å². The number of hydrogen-bond donors (Lipinski definition) is 2. The molecule has 0 aliphatic carbocycles. The van der Waals surface area contributed by atoms with Crippen molar-refractivity contribution in [3.63, 3.8) is 0 Å². The van der Waals surface area contributed by atoms with Crippen LogP contribution in [0.1, 0.15) is 5.56 Å². The predicted octanol–water partition coefficient (Wildman–Crippen LogP) is 4.61. The van der Waals surface area contributed by atoms with E-state index in [0.717, 1.165) is 27.4 Å². The summed E-state index contributed by atoms with van der Waals surface area (Å²) < 4.78 is 0. The lowest BCUT2D eigenvalue weighted by Crippen LogP contribution is -2.19. The van der Waals surface area contributed by atoms with E-state index >= 15 is 0 Å². The number of benzene rings is 3. The van der Waals surface area contributed by atoms with Crippen LogP contribution in [0, 0.1) is 0 Å². The third-order valence-electron chi connectivity index (χ3n) is 3.98. The van der Waals surface area contributed by atoms with E-state index in [9.17, 15) is 4.79 Å². The number of imidazole rings is 1. The molecule has 0 aliphatic heterocycles. The van der Waals surface area contributed by atoms with Gasteiger partial charge in [-0.2, -0.15) is 5.10 Å². The van der Waals surface area contributed by atoms with Crippen LogP contribution in [0.25, 0.3) is 21.8 Å². The molecule has 1 amide bonds. The Kier molecular flexibility index (Phi) is 5.09. The number of nitrogens with zero attached hydrogens (tertiary/aromatic N) is 2. The number of thioether (sulfide) groups is 1. The third-order valence-corrected chi connectivity index (χ3v) is 5.09. The molecule has 0 radical (unpaired) electrons. The van der Waals surface area contributed by atoms with Gasteiger partial charge in [0.05, 0.1) is 23.0 Å². The predicted molar refractivity (Wildman–Crippen MR) is 112 cm³/mol. The largest absolute Gasteiger partial charge is 0.333 e. The maximum Gasteiger partial charge on any atom is 0.250 e. The fourth-order valence-corrected chi connectivity index (χ4v) is 3.58. The van der Waals surface area contributed by atoms with Gasteiger partial charge >= 0.3 is 0 Å². The van der Waals surface area contributed by atoms with E-state index in [0.29, 0.717) is 10.2 Å². The highest BCUT2D eigenvalue weighted by Gasteiger charge is 2.07. The molecule has 0 unspecified atom stereocenters. The van der Waals surface area contributed by atoms with E-state index in [-0.39, 0.29) is 11.7 Å². The van der Waals surface area contributed by atoms with Crippen molar-refractivity contribution in [2.45, 2.75) is 5.16 Å². The second-order valence-corrected chi connectivity index (χ2v) is 7.25. The number of carbonyl (C=O) groups is 1. The van der Waals surface area contributed by atoms with Crippen LogP contribution in [-0.2, 0) is 4.79 Å². The molecule has 3 aromatic carbocycles. The number of hydrogen-bond acceptors (Lipinski definition) is 4. The lowest BCUT2D eigenvalue weighted by molar-refractivity contribution is -0.118. The van der Waals surface area contributed by atoms with Crippen molar-refractivity contribution in [1.82, 2.24) is 15.4 Å². The zero-order valence-electron chi connectivity index (χ0n) is 14.1. The van der Waals surface area contributed by atoms with Crippen LogP contribution in [0.2, 0.25) is 5.02 Å². The van der Waals surface area contributed by atoms with Gasteiger partial charge in [0, 0.05) is 10.6 Å². The highest BCUT2D eigenvalue weighted by molar-refractivity contribution is 7.99. The minimum Gasteiger partial charge on any atom is -0.333 e. The fourth-order valence-electron chi connectivity index (χ4n) is 2.73. The molecule has 0 bridgehead atoms. The summed E-state index contributed by atoms with van der Waals surface area (Å²) >= 11 is 7.28. The Hall–Kier alpha value is -2.83. The molecule has 27 heavy (non-hydrogen) atoms. The Labute approximate surface area is 164 Å². The van der Waals surface area contributed by atoms with E-state index in [1.807, 2.05) is 54.6 Å². The summed E-state index contributed by atoms with van der Waals surface area (Å²) in [5.74, 6) is 0.00966. The van der Waals surface area contributed by atoms with Gasteiger partial charge in [0.25, 0.3) is 5.91 Å². The molecular formula is C20H15ClN4OS. The Morgan fingerprint density at radius 3 is 2.96 bits per heavy atom. The summed E-state index contributed by atoms with van der Waals surface area (Å²) in [5, 5.41) is 7.61. The maximum absolute atomic E-state index is 12.0. The number of aromatic amines is 1. The summed E-state index contributed by atoms with van der Waals surface area (Å²) in [4.78, 5) is 19.6. The topological polar surface area (TPSA) is 70.1 Å². The first-order valence-electron chi connectivity index (χ1n) is 8.27. The molecule has 4 rings (SSSR count). The maximum atomic E-state index is 12.0. The van der Waals surface area contributed by atoms with Crippen molar-refractivity contribution in [3.05, 3.63) is 71.2 Å². The first-order valence-corrected chi connectivity index (χ1v) is 9.63. The normalized spacial score (nSPS) is 11.4. The number of rotatable bonds is 5. The number of H-pyrrole nitrogens is 1. The highest BCUT2D eigenvalue weighted by Crippen LogP contribution is 2.22. The van der Waals surface area contributed by atoms with Crippen LogP contribution in [-0.4, -0.2) is 27.8 Å². The summed E-state index contributed by atoms with van der Waals surface area (Å²) in [7, 11) is 0. The molecule has 1 heterocycles. The van der Waals surface area contributed by atoms with Crippen molar-refractivity contribution in [1.29, 1.82) is 0 Å². The van der Waals surface area contributed by atoms with E-state index in [4.69, 9.17) is 11.6 Å². The van der Waals surface area contributed by atoms with Crippen molar-refractivity contribution in [2.24, 2.45) is 5.10 Å². The van der Waals surface area contributed by atoms with Crippen LogP contribution >= 0.6 is 23.4 Å². The molecule has 0 atom stereocenters. The zero-order valence-corrected chi connectivity index (χ0v) is 15.7. The van der Waals surface area contributed by atoms with E-state index in [1.165, 1.54) is 11.8 Å². The number of amides is 1. The van der Waals surface area contributed by atoms with Gasteiger partial charge in [0.15, 0.2) is 5.16 Å². The van der Waals surface area contributed by atoms with Gasteiger partial charge in [-0.3, -0.25) is 4.79 Å². The van der Waals surface area contributed by atoms with Crippen molar-refractivity contribution < 1.29 is 4.79 Å². The van der Waals surface area contributed by atoms with Gasteiger partial charge in [0.1, 0.15) is 0 Å². The first-order chi connectivity index (χ1) is 13.2. The Bertz CT molecular complexity index is 1150. The zero-order chi connectivity index (χ0) is 18.6. The summed E-state index contributed by atoms with van der Waals surface area (Å²) in [6.45, 7) is 0. The Morgan fingerprint density at radius 2 is 2.04 bits per heavy atom. The van der Waals surface area contributed by atoms with Gasteiger partial charge in [-0.1, -0.05) is 65.8 Å². The molecule has 5 nitrogen and oxygen atoms in total. The van der Waals surface area contributed by atoms with E-state index in [2.05, 4.69) is 20.5 Å². The number of carbonyl (C=O) groups excluding carboxylic acids is 1. The molecule has 0 spiro atoms. The molecular weight excluding hydrogens is 380 g/mol. The smallest absolute Gasteiger partial charge is 0.250 e. The average Bonchev–Trinajstić information content (AvgIpc) is 3.08. The van der Waals surface area contributed by atoms with Crippen LogP contribution in [0.15, 0.2) is 70.9 Å². The standard InChI is InChI=1S/C20H15ClN4OS/c21-15-8-9-17-18(10-15)24-20(23-17)27-12-19(26)25-22-11-14-6-3-5-13-4-1-2-7-16(13)14/h1-11H,12H2,(H,23,24)(H,25,26)/b22-11+. The lowest BCUT2D eigenvalue weighted by Gasteiger charge is -2.01. The number of nitrogens with one attached hydrogen (secondary N) is 2. The molecule has 2 N–H and O–H groups in total. The quantitative estimate of drug-likeness (QED) is 0.295. The highest BCUT2D eigenvalue weighted by atomic mass is 35.5. The third kappa shape index (κ3) is 4.13. The summed E-state index contributed by atoms with van der Waals surface area (Å²) in [6.07, 6.45) is 1.66. The molecule has 0 fully saturated rings. The Balaban J connectivity index is 1.37. The van der Waals surface area contributed by atoms with Gasteiger partial charge < -0.3 is 4.98 Å². The van der Waals surface area contributed by atoms with Crippen molar-refractivity contribution in [3.8, 4) is 0 Å². The molecule has 0 aliphatic rings. The SMILES string of the molecule is O=C(CSc1nc2ccc(Cl)cc2[nH]1)N/N=C/c1cccc2ccccc12. The molecule has 1 aromatic heterocycles. The van der Waals surface area contributed by atoms with E-state index in [1.54, 1.807) is 12.3 Å². The van der Waals surface area contributed by atoms with Gasteiger partial charge in [-0.05, 0) is 29.0 Å². The summed E-state index contributed by atoms with van der Waals surface area (Å²) in [6, 6.07) is 19.5. The molecule has 134 valence electrons. The fraction of sp³-hybridized carbons (Fsp3) is 0.0500. The minimum absolute atomic E-state index is 0.199. The van der Waals surface area contributed by atoms with E-state index < -0.39 is 0 Å². The van der Waals surface area contributed by atoms with Crippen LogP contribution in [0.5, 0.6) is 0 Å². The van der Waals surface area contributed by atoms with Gasteiger partial charge in [0.2, 0.25) is 0 Å². The van der Waals surface area contributed by atoms with Gasteiger partial charge in [-0.15, -0.1) is 0 Å². The molecule has 4 aromatic rings. The van der Waals surface area contributed by atoms with Crippen LogP contribution in [0.3, 0.4) is 0 Å². The number of aromatic nitrogens is 2. The van der Waals surface area contributed by atoms with Crippen LogP contribution < -0.4 is 5.43 Å².